The molecular formula is C25H37N3O3. The van der Waals surface area contributed by atoms with Crippen molar-refractivity contribution >= 4 is 18.1 Å². The van der Waals surface area contributed by atoms with Gasteiger partial charge >= 0.3 is 6.09 Å². The Bertz CT molecular complexity index is 766. The first kappa shape index (κ1) is 23.3. The Morgan fingerprint density at radius 3 is 2.16 bits per heavy atom. The molecule has 31 heavy (non-hydrogen) atoms. The maximum absolute atomic E-state index is 12.7. The molecule has 2 fully saturated rings. The van der Waals surface area contributed by atoms with E-state index in [0.717, 1.165) is 25.9 Å². The molecule has 0 unspecified atom stereocenters. The Labute approximate surface area is 186 Å². The zero-order valence-corrected chi connectivity index (χ0v) is 19.5. The molecule has 2 saturated heterocycles. The fraction of sp³-hybridized carbons (Fsp3) is 0.600. The molecule has 1 aromatic carbocycles. The van der Waals surface area contributed by atoms with Crippen molar-refractivity contribution in [3.63, 3.8) is 0 Å². The Morgan fingerprint density at radius 1 is 0.968 bits per heavy atom. The number of carbonyl (C=O) groups excluding carboxylic acids is 2. The van der Waals surface area contributed by atoms with Crippen LogP contribution in [-0.2, 0) is 9.53 Å². The van der Waals surface area contributed by atoms with E-state index in [4.69, 9.17) is 4.74 Å². The summed E-state index contributed by atoms with van der Waals surface area (Å²) in [5.41, 5.74) is 2.02. The fourth-order valence-corrected chi connectivity index (χ4v) is 3.97. The molecule has 1 aromatic rings. The summed E-state index contributed by atoms with van der Waals surface area (Å²) in [7, 11) is 0. The SMILES string of the molecule is Cc1ccc(C=CC2CCN(C(=O)CN3CCN(C(=O)OC(C)(C)C)CC3)CC2)cc1. The van der Waals surface area contributed by atoms with Crippen LogP contribution in [0.4, 0.5) is 4.79 Å². The van der Waals surface area contributed by atoms with Gasteiger partial charge in [0.25, 0.3) is 0 Å². The fourth-order valence-electron chi connectivity index (χ4n) is 3.97. The third kappa shape index (κ3) is 7.39. The molecule has 0 N–H and O–H groups in total. The highest BCUT2D eigenvalue weighted by Gasteiger charge is 2.28. The Kier molecular flexibility index (Phi) is 7.76. The van der Waals surface area contributed by atoms with Gasteiger partial charge in [-0.3, -0.25) is 9.69 Å². The number of hydrogen-bond donors (Lipinski definition) is 0. The minimum atomic E-state index is -0.481. The van der Waals surface area contributed by atoms with E-state index in [9.17, 15) is 9.59 Å². The molecule has 6 heteroatoms. The number of rotatable bonds is 4. The van der Waals surface area contributed by atoms with Crippen molar-refractivity contribution in [3.8, 4) is 0 Å². The van der Waals surface area contributed by atoms with Crippen molar-refractivity contribution < 1.29 is 14.3 Å². The van der Waals surface area contributed by atoms with Crippen LogP contribution in [0.5, 0.6) is 0 Å². The normalized spacial score (nSPS) is 19.1. The number of nitrogens with zero attached hydrogens (tertiary/aromatic N) is 3. The van der Waals surface area contributed by atoms with E-state index in [2.05, 4.69) is 48.2 Å². The van der Waals surface area contributed by atoms with Gasteiger partial charge in [0.15, 0.2) is 0 Å². The number of likely N-dealkylation sites (tertiary alicyclic amines) is 1. The first-order valence-corrected chi connectivity index (χ1v) is 11.4. The standard InChI is InChI=1S/C25H37N3O3/c1-20-5-7-21(8-6-20)9-10-22-11-13-27(14-12-22)23(29)19-26-15-17-28(18-16-26)24(30)31-25(2,3)4/h5-10,22H,11-19H2,1-4H3. The van der Waals surface area contributed by atoms with Gasteiger partial charge in [-0.2, -0.15) is 0 Å². The van der Waals surface area contributed by atoms with Gasteiger partial charge in [0, 0.05) is 39.3 Å². The summed E-state index contributed by atoms with van der Waals surface area (Å²) in [6, 6.07) is 8.56. The lowest BCUT2D eigenvalue weighted by Crippen LogP contribution is -2.53. The molecule has 2 aliphatic rings. The number of ether oxygens (including phenoxy) is 1. The summed E-state index contributed by atoms with van der Waals surface area (Å²) in [5.74, 6) is 0.731. The molecule has 2 amide bonds. The van der Waals surface area contributed by atoms with E-state index in [1.165, 1.54) is 11.1 Å². The molecule has 0 saturated carbocycles. The summed E-state index contributed by atoms with van der Waals surface area (Å²) in [6.07, 6.45) is 6.26. The molecule has 0 atom stereocenters. The second-order valence-corrected chi connectivity index (χ2v) is 9.73. The Hall–Kier alpha value is -2.34. The van der Waals surface area contributed by atoms with Gasteiger partial charge in [0.05, 0.1) is 6.54 Å². The van der Waals surface area contributed by atoms with Crippen molar-refractivity contribution in [2.75, 3.05) is 45.8 Å². The smallest absolute Gasteiger partial charge is 0.410 e. The van der Waals surface area contributed by atoms with E-state index >= 15 is 0 Å². The van der Waals surface area contributed by atoms with Crippen LogP contribution >= 0.6 is 0 Å². The molecule has 0 radical (unpaired) electrons. The van der Waals surface area contributed by atoms with Crippen LogP contribution in [0.3, 0.4) is 0 Å². The lowest BCUT2D eigenvalue weighted by Gasteiger charge is -2.37. The number of amides is 2. The van der Waals surface area contributed by atoms with Gasteiger partial charge < -0.3 is 14.5 Å². The van der Waals surface area contributed by atoms with Gasteiger partial charge in [-0.15, -0.1) is 0 Å². The van der Waals surface area contributed by atoms with Crippen molar-refractivity contribution in [1.29, 1.82) is 0 Å². The maximum Gasteiger partial charge on any atom is 0.410 e. The molecule has 0 aliphatic carbocycles. The van der Waals surface area contributed by atoms with Crippen LogP contribution in [0.2, 0.25) is 0 Å². The summed E-state index contributed by atoms with van der Waals surface area (Å²) in [4.78, 5) is 30.8. The van der Waals surface area contributed by atoms with E-state index in [1.807, 2.05) is 25.7 Å². The van der Waals surface area contributed by atoms with Gasteiger partial charge in [-0.1, -0.05) is 42.0 Å². The predicted octanol–water partition coefficient (Wildman–Crippen LogP) is 3.80. The van der Waals surface area contributed by atoms with Crippen LogP contribution in [0.25, 0.3) is 6.08 Å². The third-order valence-corrected chi connectivity index (χ3v) is 5.91. The van der Waals surface area contributed by atoms with E-state index < -0.39 is 5.60 Å². The van der Waals surface area contributed by atoms with Crippen molar-refractivity contribution in [2.24, 2.45) is 5.92 Å². The quantitative estimate of drug-likeness (QED) is 0.733. The molecule has 0 bridgehead atoms. The predicted molar refractivity (Wildman–Crippen MR) is 124 cm³/mol. The first-order chi connectivity index (χ1) is 14.7. The summed E-state index contributed by atoms with van der Waals surface area (Å²) in [5, 5.41) is 0. The van der Waals surface area contributed by atoms with Crippen molar-refractivity contribution in [2.45, 2.75) is 46.1 Å². The molecule has 2 aliphatic heterocycles. The monoisotopic (exact) mass is 427 g/mol. The average Bonchev–Trinajstić information content (AvgIpc) is 2.73. The molecule has 170 valence electrons. The molecule has 3 rings (SSSR count). The molecule has 6 nitrogen and oxygen atoms in total. The topological polar surface area (TPSA) is 53.1 Å². The Balaban J connectivity index is 1.37. The molecule has 0 spiro atoms. The number of carbonyl (C=O) groups is 2. The second kappa shape index (κ2) is 10.3. The van der Waals surface area contributed by atoms with Gasteiger partial charge in [-0.05, 0) is 52.0 Å². The summed E-state index contributed by atoms with van der Waals surface area (Å²) >= 11 is 0. The largest absolute Gasteiger partial charge is 0.444 e. The van der Waals surface area contributed by atoms with E-state index in [0.29, 0.717) is 38.6 Å². The summed E-state index contributed by atoms with van der Waals surface area (Å²) < 4.78 is 5.44. The van der Waals surface area contributed by atoms with Gasteiger partial charge in [0.1, 0.15) is 5.60 Å². The zero-order chi connectivity index (χ0) is 22.4. The van der Waals surface area contributed by atoms with Gasteiger partial charge in [-0.25, -0.2) is 4.79 Å². The van der Waals surface area contributed by atoms with Crippen LogP contribution in [-0.4, -0.2) is 78.1 Å². The number of aryl methyl sites for hydroxylation is 1. The highest BCUT2D eigenvalue weighted by Crippen LogP contribution is 2.20. The minimum absolute atomic E-state index is 0.201. The highest BCUT2D eigenvalue weighted by molar-refractivity contribution is 5.78. The van der Waals surface area contributed by atoms with Crippen LogP contribution in [0.15, 0.2) is 30.3 Å². The van der Waals surface area contributed by atoms with Crippen LogP contribution in [0.1, 0.15) is 44.7 Å². The number of benzene rings is 1. The minimum Gasteiger partial charge on any atom is -0.444 e. The van der Waals surface area contributed by atoms with Crippen LogP contribution < -0.4 is 0 Å². The maximum atomic E-state index is 12.7. The number of piperazine rings is 1. The van der Waals surface area contributed by atoms with E-state index in [1.54, 1.807) is 4.90 Å². The number of allylic oxidation sites excluding steroid dienone is 1. The third-order valence-electron chi connectivity index (χ3n) is 5.91. The lowest BCUT2D eigenvalue weighted by atomic mass is 9.95. The lowest BCUT2D eigenvalue weighted by molar-refractivity contribution is -0.134. The second-order valence-electron chi connectivity index (χ2n) is 9.73. The molecule has 2 heterocycles. The Morgan fingerprint density at radius 2 is 1.58 bits per heavy atom. The molecular weight excluding hydrogens is 390 g/mol. The van der Waals surface area contributed by atoms with Crippen LogP contribution in [0, 0.1) is 12.8 Å². The van der Waals surface area contributed by atoms with Gasteiger partial charge in [0.2, 0.25) is 5.91 Å². The van der Waals surface area contributed by atoms with Crippen molar-refractivity contribution in [1.82, 2.24) is 14.7 Å². The average molecular weight is 428 g/mol. The highest BCUT2D eigenvalue weighted by atomic mass is 16.6. The first-order valence-electron chi connectivity index (χ1n) is 11.4. The number of hydrogen-bond acceptors (Lipinski definition) is 4. The zero-order valence-electron chi connectivity index (χ0n) is 19.5. The molecule has 0 aromatic heterocycles. The van der Waals surface area contributed by atoms with E-state index in [-0.39, 0.29) is 12.0 Å². The number of piperidine rings is 1. The summed E-state index contributed by atoms with van der Waals surface area (Å²) in [6.45, 7) is 12.4. The van der Waals surface area contributed by atoms with Crippen molar-refractivity contribution in [3.05, 3.63) is 41.5 Å².